The number of rotatable bonds is 5. The normalized spacial score (nSPS) is 33.5. The van der Waals surface area contributed by atoms with Gasteiger partial charge in [0.15, 0.2) is 6.29 Å². The first-order valence-corrected chi connectivity index (χ1v) is 6.82. The smallest absolute Gasteiger partial charge is 0.187 e. The minimum Gasteiger partial charge on any atom is -0.508 e. The molecule has 0 amide bonds. The molecule has 1 fully saturated rings. The number of ether oxygens (including phenoxy) is 2. The molecule has 0 saturated carbocycles. The van der Waals surface area contributed by atoms with Crippen molar-refractivity contribution in [3.63, 3.8) is 0 Å². The first-order chi connectivity index (χ1) is 10.9. The average Bonchev–Trinajstić information content (AvgIpc) is 2.55. The predicted molar refractivity (Wildman–Crippen MR) is 76.9 cm³/mol. The third-order valence-electron chi connectivity index (χ3n) is 3.33. The van der Waals surface area contributed by atoms with Gasteiger partial charge in [0.1, 0.15) is 30.2 Å². The summed E-state index contributed by atoms with van der Waals surface area (Å²) in [5.74, 6) is 0.0964. The summed E-state index contributed by atoms with van der Waals surface area (Å²) in [5.41, 5.74) is 0.570. The molecule has 7 nitrogen and oxygen atoms in total. The summed E-state index contributed by atoms with van der Waals surface area (Å²) in [4.78, 5) is 0. The molecular formula is C15H20O7. The lowest BCUT2D eigenvalue weighted by Crippen LogP contribution is -2.59. The number of aliphatic hydroxyl groups excluding tert-OH is 4. The van der Waals surface area contributed by atoms with Crippen molar-refractivity contribution < 1.29 is 36.4 Å². The number of hydrogen-bond acceptors (Lipinski definition) is 7. The minimum absolute atomic E-state index is 0.0810. The zero-order chi connectivity index (χ0) is 17.0. The molecule has 1 unspecified atom stereocenters. The van der Waals surface area contributed by atoms with Gasteiger partial charge in [-0.15, -0.1) is 0 Å². The number of phenols is 1. The molecule has 2 rings (SSSR count). The summed E-state index contributed by atoms with van der Waals surface area (Å²) >= 11 is 0. The van der Waals surface area contributed by atoms with Gasteiger partial charge in [0.2, 0.25) is 0 Å². The van der Waals surface area contributed by atoms with Crippen LogP contribution < -0.4 is 0 Å². The number of aliphatic hydroxyl groups is 4. The van der Waals surface area contributed by atoms with Crippen LogP contribution in [-0.4, -0.2) is 69.5 Å². The highest BCUT2D eigenvalue weighted by molar-refractivity contribution is 5.50. The molecule has 5 N–H and O–H groups in total. The molecule has 1 saturated heterocycles. The molecule has 0 bridgehead atoms. The fourth-order valence-electron chi connectivity index (χ4n) is 2.07. The summed E-state index contributed by atoms with van der Waals surface area (Å²) in [6, 6.07) is 6.20. The highest BCUT2D eigenvalue weighted by Crippen LogP contribution is 2.22. The third-order valence-corrected chi connectivity index (χ3v) is 3.33. The maximum atomic E-state index is 9.80. The maximum Gasteiger partial charge on any atom is 0.187 e. The average molecular weight is 313 g/mol. The summed E-state index contributed by atoms with van der Waals surface area (Å²) in [7, 11) is 0. The van der Waals surface area contributed by atoms with E-state index in [9.17, 15) is 20.4 Å². The molecular weight excluding hydrogens is 292 g/mol. The van der Waals surface area contributed by atoms with Gasteiger partial charge in [-0.25, -0.2) is 0 Å². The van der Waals surface area contributed by atoms with Crippen molar-refractivity contribution in [1.82, 2.24) is 0 Å². The lowest BCUT2D eigenvalue weighted by Gasteiger charge is -2.39. The summed E-state index contributed by atoms with van der Waals surface area (Å²) in [6.07, 6.45) is -5.24. The fraction of sp³-hybridized carbons (Fsp3) is 0.467. The largest absolute Gasteiger partial charge is 0.508 e. The van der Waals surface area contributed by atoms with Crippen molar-refractivity contribution >= 4 is 6.05 Å². The van der Waals surface area contributed by atoms with E-state index < -0.39 is 37.3 Å². The summed E-state index contributed by atoms with van der Waals surface area (Å²) in [6.45, 7) is -0.611. The van der Waals surface area contributed by atoms with E-state index >= 15 is 0 Å². The van der Waals surface area contributed by atoms with Crippen molar-refractivity contribution in [3.8, 4) is 5.75 Å². The first-order valence-electron chi connectivity index (χ1n) is 7.32. The van der Waals surface area contributed by atoms with Gasteiger partial charge in [-0.3, -0.25) is 0 Å². The Morgan fingerprint density at radius 3 is 2.45 bits per heavy atom. The number of aromatic hydroxyl groups is 1. The Balaban J connectivity index is 1.94. The molecule has 5 atom stereocenters. The Morgan fingerprint density at radius 2 is 1.82 bits per heavy atom. The number of hydrogen-bond donors (Lipinski definition) is 5. The third kappa shape index (κ3) is 4.04. The van der Waals surface area contributed by atoms with Crippen LogP contribution in [0.4, 0.5) is 0 Å². The second kappa shape index (κ2) is 7.68. The Bertz CT molecular complexity index is 531. The quantitative estimate of drug-likeness (QED) is 0.484. The van der Waals surface area contributed by atoms with Crippen LogP contribution in [0.15, 0.2) is 30.3 Å². The molecule has 1 aromatic carbocycles. The van der Waals surface area contributed by atoms with Gasteiger partial charge in [0, 0.05) is 0 Å². The van der Waals surface area contributed by atoms with E-state index in [4.69, 9.17) is 16.0 Å². The van der Waals surface area contributed by atoms with Gasteiger partial charge in [0.25, 0.3) is 0 Å². The zero-order valence-electron chi connectivity index (χ0n) is 12.7. The molecule has 0 aliphatic carbocycles. The Morgan fingerprint density at radius 1 is 1.14 bits per heavy atom. The van der Waals surface area contributed by atoms with E-state index in [2.05, 4.69) is 0 Å². The van der Waals surface area contributed by atoms with Crippen LogP contribution >= 0.6 is 0 Å². The van der Waals surface area contributed by atoms with E-state index in [1.165, 1.54) is 18.2 Å². The topological polar surface area (TPSA) is 120 Å². The number of phenolic OH excluding ortho intramolecular Hbond substituents is 1. The molecule has 1 heterocycles. The summed E-state index contributed by atoms with van der Waals surface area (Å²) in [5, 5.41) is 47.3. The van der Waals surface area contributed by atoms with E-state index in [-0.39, 0.29) is 18.4 Å². The van der Waals surface area contributed by atoms with Gasteiger partial charge in [0.05, 0.1) is 14.6 Å². The van der Waals surface area contributed by atoms with Crippen molar-refractivity contribution in [1.29, 1.82) is 0 Å². The SMILES string of the molecule is [2H]/C(=C\COC1O[C@H](CO)[C@@H](O)[C@H](O)[C@H]1O)c1ccc(O)cc1. The molecule has 1 aromatic rings. The molecule has 0 spiro atoms. The molecule has 0 aromatic heterocycles. The van der Waals surface area contributed by atoms with Crippen LogP contribution in [0.1, 0.15) is 6.93 Å². The Labute approximate surface area is 129 Å². The first kappa shape index (κ1) is 15.4. The zero-order valence-corrected chi connectivity index (χ0v) is 11.7. The molecule has 22 heavy (non-hydrogen) atoms. The monoisotopic (exact) mass is 313 g/mol. The van der Waals surface area contributed by atoms with Crippen LogP contribution in [0, 0.1) is 0 Å². The van der Waals surface area contributed by atoms with Crippen molar-refractivity contribution in [2.45, 2.75) is 30.7 Å². The van der Waals surface area contributed by atoms with Gasteiger partial charge in [-0.05, 0) is 17.7 Å². The molecule has 1 aliphatic rings. The Hall–Kier alpha value is -1.48. The van der Waals surface area contributed by atoms with Crippen LogP contribution in [0.5, 0.6) is 5.75 Å². The van der Waals surface area contributed by atoms with E-state index in [0.717, 1.165) is 0 Å². The highest BCUT2D eigenvalue weighted by atomic mass is 16.7. The van der Waals surface area contributed by atoms with Crippen LogP contribution in [-0.2, 0) is 9.47 Å². The van der Waals surface area contributed by atoms with Gasteiger partial charge in [-0.2, -0.15) is 0 Å². The fourth-order valence-corrected chi connectivity index (χ4v) is 2.07. The van der Waals surface area contributed by atoms with E-state index in [1.807, 2.05) is 0 Å². The van der Waals surface area contributed by atoms with Crippen molar-refractivity contribution in [3.05, 3.63) is 35.9 Å². The van der Waals surface area contributed by atoms with Gasteiger partial charge >= 0.3 is 0 Å². The summed E-state index contributed by atoms with van der Waals surface area (Å²) < 4.78 is 18.3. The standard InChI is InChI=1S/C15H20O7/c16-8-11-12(18)13(19)14(20)15(22-11)21-7-1-2-9-3-5-10(17)6-4-9/h1-6,11-20H,7-8H2/b2-1+/t11-,12-,13+,14-,15?/m1/s1/i2D. The highest BCUT2D eigenvalue weighted by Gasteiger charge is 2.43. The minimum atomic E-state index is -1.50. The second-order valence-corrected chi connectivity index (χ2v) is 4.93. The van der Waals surface area contributed by atoms with Gasteiger partial charge < -0.3 is 35.0 Å². The predicted octanol–water partition coefficient (Wildman–Crippen LogP) is -0.778. The molecule has 7 heteroatoms. The molecule has 1 aliphatic heterocycles. The Kier molecular flexibility index (Phi) is 5.38. The molecule has 0 radical (unpaired) electrons. The van der Waals surface area contributed by atoms with Crippen molar-refractivity contribution in [2.75, 3.05) is 13.2 Å². The van der Waals surface area contributed by atoms with Crippen LogP contribution in [0.2, 0.25) is 0 Å². The lowest BCUT2D eigenvalue weighted by molar-refractivity contribution is -0.298. The van der Waals surface area contributed by atoms with E-state index in [1.54, 1.807) is 12.1 Å². The van der Waals surface area contributed by atoms with Gasteiger partial charge in [-0.1, -0.05) is 24.3 Å². The molecule has 122 valence electrons. The second-order valence-electron chi connectivity index (χ2n) is 4.93. The van der Waals surface area contributed by atoms with Crippen molar-refractivity contribution in [2.24, 2.45) is 0 Å². The number of benzene rings is 1. The maximum absolute atomic E-state index is 9.80. The van der Waals surface area contributed by atoms with Crippen LogP contribution in [0.25, 0.3) is 6.05 Å². The van der Waals surface area contributed by atoms with Crippen LogP contribution in [0.3, 0.4) is 0 Å². The van der Waals surface area contributed by atoms with E-state index in [0.29, 0.717) is 5.56 Å². The lowest BCUT2D eigenvalue weighted by atomic mass is 9.99.